The number of benzene rings is 1. The smallest absolute Gasteiger partial charge is 0.221 e. The maximum absolute atomic E-state index is 12.8. The molecular weight excluding hydrogens is 214 g/mol. The molecule has 5 heteroatoms. The molecule has 0 saturated carbocycles. The zero-order chi connectivity index (χ0) is 12.1. The molecule has 3 nitrogen and oxygen atoms in total. The van der Waals surface area contributed by atoms with Crippen molar-refractivity contribution in [2.24, 2.45) is 11.7 Å². The monoisotopic (exact) mass is 228 g/mol. The van der Waals surface area contributed by atoms with Gasteiger partial charge in [0.1, 0.15) is 0 Å². The Hall–Kier alpha value is -1.49. The predicted octanol–water partition coefficient (Wildman–Crippen LogP) is 1.18. The van der Waals surface area contributed by atoms with Gasteiger partial charge in [0, 0.05) is 19.0 Å². The number of primary amides is 1. The largest absolute Gasteiger partial charge is 0.369 e. The molecule has 3 N–H and O–H groups in total. The van der Waals surface area contributed by atoms with E-state index in [4.69, 9.17) is 5.73 Å². The normalized spacial score (nSPS) is 12.4. The van der Waals surface area contributed by atoms with Crippen molar-refractivity contribution in [3.05, 3.63) is 35.4 Å². The van der Waals surface area contributed by atoms with Crippen molar-refractivity contribution in [3.8, 4) is 0 Å². The lowest BCUT2D eigenvalue weighted by Gasteiger charge is -2.09. The molecule has 88 valence electrons. The lowest BCUT2D eigenvalue weighted by atomic mass is 10.1. The zero-order valence-electron chi connectivity index (χ0n) is 8.97. The molecule has 0 saturated heterocycles. The summed E-state index contributed by atoms with van der Waals surface area (Å²) in [6.07, 6.45) is 0. The van der Waals surface area contributed by atoms with Crippen LogP contribution in [0.5, 0.6) is 0 Å². The van der Waals surface area contributed by atoms with E-state index in [9.17, 15) is 13.6 Å². The average Bonchev–Trinajstić information content (AvgIpc) is 2.23. The fraction of sp³-hybridized carbons (Fsp3) is 0.364. The molecule has 0 bridgehead atoms. The van der Waals surface area contributed by atoms with E-state index in [0.29, 0.717) is 18.7 Å². The van der Waals surface area contributed by atoms with Gasteiger partial charge >= 0.3 is 0 Å². The van der Waals surface area contributed by atoms with Crippen molar-refractivity contribution in [2.45, 2.75) is 13.5 Å². The van der Waals surface area contributed by atoms with Crippen molar-refractivity contribution in [1.29, 1.82) is 0 Å². The highest BCUT2D eigenvalue weighted by Crippen LogP contribution is 2.08. The predicted molar refractivity (Wildman–Crippen MR) is 56.4 cm³/mol. The van der Waals surface area contributed by atoms with Crippen LogP contribution in [-0.2, 0) is 11.3 Å². The number of amides is 1. The first-order valence-electron chi connectivity index (χ1n) is 4.94. The van der Waals surface area contributed by atoms with Crippen LogP contribution in [-0.4, -0.2) is 12.5 Å². The Bertz CT molecular complexity index is 382. The molecule has 0 radical (unpaired) electrons. The lowest BCUT2D eigenvalue weighted by molar-refractivity contribution is -0.121. The Morgan fingerprint density at radius 1 is 1.44 bits per heavy atom. The summed E-state index contributed by atoms with van der Waals surface area (Å²) in [4.78, 5) is 10.7. The van der Waals surface area contributed by atoms with E-state index in [2.05, 4.69) is 5.32 Å². The van der Waals surface area contributed by atoms with Crippen LogP contribution in [0.1, 0.15) is 12.5 Å². The SMILES string of the molecule is CC(CNCc1ccc(F)c(F)c1)C(N)=O. The summed E-state index contributed by atoms with van der Waals surface area (Å²) < 4.78 is 25.4. The van der Waals surface area contributed by atoms with Crippen LogP contribution in [0.2, 0.25) is 0 Å². The summed E-state index contributed by atoms with van der Waals surface area (Å²) in [5.41, 5.74) is 5.69. The van der Waals surface area contributed by atoms with Crippen LogP contribution in [0.15, 0.2) is 18.2 Å². The summed E-state index contributed by atoms with van der Waals surface area (Å²) in [5.74, 6) is -2.42. The third-order valence-electron chi connectivity index (χ3n) is 2.25. The van der Waals surface area contributed by atoms with Gasteiger partial charge in [0.05, 0.1) is 0 Å². The van der Waals surface area contributed by atoms with E-state index in [-0.39, 0.29) is 5.92 Å². The number of hydrogen-bond donors (Lipinski definition) is 2. The van der Waals surface area contributed by atoms with E-state index in [0.717, 1.165) is 12.1 Å². The molecule has 0 spiro atoms. The minimum absolute atomic E-state index is 0.287. The first-order chi connectivity index (χ1) is 7.50. The van der Waals surface area contributed by atoms with Crippen LogP contribution in [0, 0.1) is 17.6 Å². The fourth-order valence-electron chi connectivity index (χ4n) is 1.18. The van der Waals surface area contributed by atoms with E-state index in [1.54, 1.807) is 6.92 Å². The van der Waals surface area contributed by atoms with E-state index < -0.39 is 17.5 Å². The van der Waals surface area contributed by atoms with Gasteiger partial charge in [-0.25, -0.2) is 8.78 Å². The summed E-state index contributed by atoms with van der Waals surface area (Å²) in [7, 11) is 0. The molecule has 0 aliphatic heterocycles. The Morgan fingerprint density at radius 2 is 2.12 bits per heavy atom. The Kier molecular flexibility index (Phi) is 4.37. The van der Waals surface area contributed by atoms with Crippen molar-refractivity contribution in [2.75, 3.05) is 6.54 Å². The van der Waals surface area contributed by atoms with Crippen molar-refractivity contribution >= 4 is 5.91 Å². The van der Waals surface area contributed by atoms with Crippen LogP contribution < -0.4 is 11.1 Å². The minimum atomic E-state index is -0.873. The molecule has 1 aromatic carbocycles. The van der Waals surface area contributed by atoms with Gasteiger partial charge in [-0.3, -0.25) is 4.79 Å². The maximum atomic E-state index is 12.8. The number of carbonyl (C=O) groups is 1. The van der Waals surface area contributed by atoms with Crippen LogP contribution in [0.3, 0.4) is 0 Å². The van der Waals surface area contributed by atoms with Gasteiger partial charge in [0.15, 0.2) is 11.6 Å². The molecule has 0 aliphatic rings. The van der Waals surface area contributed by atoms with Gasteiger partial charge in [-0.05, 0) is 17.7 Å². The summed E-state index contributed by atoms with van der Waals surface area (Å²) in [6.45, 7) is 2.48. The summed E-state index contributed by atoms with van der Waals surface area (Å²) in [5, 5.41) is 2.94. The van der Waals surface area contributed by atoms with Crippen LogP contribution >= 0.6 is 0 Å². The lowest BCUT2D eigenvalue weighted by Crippen LogP contribution is -2.30. The Balaban J connectivity index is 2.43. The maximum Gasteiger partial charge on any atom is 0.221 e. The van der Waals surface area contributed by atoms with Crippen molar-refractivity contribution in [1.82, 2.24) is 5.32 Å². The molecule has 1 aromatic rings. The minimum Gasteiger partial charge on any atom is -0.369 e. The van der Waals surface area contributed by atoms with Gasteiger partial charge in [-0.15, -0.1) is 0 Å². The number of rotatable bonds is 5. The highest BCUT2D eigenvalue weighted by Gasteiger charge is 2.08. The number of hydrogen-bond acceptors (Lipinski definition) is 2. The van der Waals surface area contributed by atoms with Gasteiger partial charge < -0.3 is 11.1 Å². The van der Waals surface area contributed by atoms with Gasteiger partial charge in [-0.2, -0.15) is 0 Å². The fourth-order valence-corrected chi connectivity index (χ4v) is 1.18. The third-order valence-corrected chi connectivity index (χ3v) is 2.25. The van der Waals surface area contributed by atoms with Crippen LogP contribution in [0.4, 0.5) is 8.78 Å². The average molecular weight is 228 g/mol. The zero-order valence-corrected chi connectivity index (χ0v) is 8.97. The number of nitrogens with two attached hydrogens (primary N) is 1. The van der Waals surface area contributed by atoms with Gasteiger partial charge in [-0.1, -0.05) is 13.0 Å². The molecule has 0 fully saturated rings. The van der Waals surface area contributed by atoms with Crippen molar-refractivity contribution < 1.29 is 13.6 Å². The number of halogens is 2. The molecule has 1 amide bonds. The van der Waals surface area contributed by atoms with E-state index in [1.165, 1.54) is 6.07 Å². The highest BCUT2D eigenvalue weighted by atomic mass is 19.2. The summed E-state index contributed by atoms with van der Waals surface area (Å²) in [6, 6.07) is 3.68. The molecule has 1 atom stereocenters. The topological polar surface area (TPSA) is 55.1 Å². The van der Waals surface area contributed by atoms with Crippen LogP contribution in [0.25, 0.3) is 0 Å². The first kappa shape index (κ1) is 12.6. The van der Waals surface area contributed by atoms with Gasteiger partial charge in [0.2, 0.25) is 5.91 Å². The standard InChI is InChI=1S/C11H14F2N2O/c1-7(11(14)16)5-15-6-8-2-3-9(12)10(13)4-8/h2-4,7,15H,5-6H2,1H3,(H2,14,16). The molecule has 1 unspecified atom stereocenters. The molecule has 0 aromatic heterocycles. The first-order valence-corrected chi connectivity index (χ1v) is 4.94. The summed E-state index contributed by atoms with van der Waals surface area (Å²) >= 11 is 0. The van der Waals surface area contributed by atoms with E-state index in [1.807, 2.05) is 0 Å². The quantitative estimate of drug-likeness (QED) is 0.795. The molecule has 16 heavy (non-hydrogen) atoms. The third kappa shape index (κ3) is 3.58. The van der Waals surface area contributed by atoms with Gasteiger partial charge in [0.25, 0.3) is 0 Å². The number of carbonyl (C=O) groups excluding carboxylic acids is 1. The Morgan fingerprint density at radius 3 is 2.69 bits per heavy atom. The molecular formula is C11H14F2N2O. The molecule has 0 heterocycles. The number of nitrogens with one attached hydrogen (secondary N) is 1. The Labute approximate surface area is 92.6 Å². The molecule has 1 rings (SSSR count). The van der Waals surface area contributed by atoms with E-state index >= 15 is 0 Å². The second-order valence-electron chi connectivity index (χ2n) is 3.68. The second kappa shape index (κ2) is 5.55. The van der Waals surface area contributed by atoms with Crippen molar-refractivity contribution in [3.63, 3.8) is 0 Å². The highest BCUT2D eigenvalue weighted by molar-refractivity contribution is 5.76. The second-order valence-corrected chi connectivity index (χ2v) is 3.68. The molecule has 0 aliphatic carbocycles.